The molecule has 0 aliphatic rings. The highest BCUT2D eigenvalue weighted by atomic mass is 19.1. The monoisotopic (exact) mass is 343 g/mol. The lowest BCUT2D eigenvalue weighted by atomic mass is 10.2. The van der Waals surface area contributed by atoms with E-state index in [-0.39, 0.29) is 18.5 Å². The van der Waals surface area contributed by atoms with Gasteiger partial charge in [-0.25, -0.2) is 9.82 Å². The number of hydrogen-bond acceptors (Lipinski definition) is 4. The van der Waals surface area contributed by atoms with Crippen molar-refractivity contribution in [3.63, 3.8) is 0 Å². The SMILES string of the molecule is COc1cccc(C=NNC(=O)CCC(=O)Nc2ccccc2F)c1. The number of ether oxygens (including phenoxy) is 1. The van der Waals surface area contributed by atoms with Crippen molar-refractivity contribution in [1.29, 1.82) is 0 Å². The van der Waals surface area contributed by atoms with Gasteiger partial charge in [-0.2, -0.15) is 5.10 Å². The number of halogens is 1. The number of methoxy groups -OCH3 is 1. The van der Waals surface area contributed by atoms with Crippen LogP contribution in [-0.4, -0.2) is 25.1 Å². The highest BCUT2D eigenvalue weighted by Crippen LogP contribution is 2.13. The molecule has 2 aromatic rings. The second-order valence-corrected chi connectivity index (χ2v) is 5.10. The van der Waals surface area contributed by atoms with E-state index in [1.54, 1.807) is 37.4 Å². The normalized spacial score (nSPS) is 10.5. The van der Waals surface area contributed by atoms with E-state index in [1.807, 2.05) is 0 Å². The molecule has 0 fully saturated rings. The standard InChI is InChI=1S/C18H18FN3O3/c1-25-14-6-4-5-13(11-14)12-20-22-18(24)10-9-17(23)21-16-8-3-2-7-15(16)19/h2-8,11-12H,9-10H2,1H3,(H,21,23)(H,22,24). The van der Waals surface area contributed by atoms with Crippen LogP contribution in [0.25, 0.3) is 0 Å². The smallest absolute Gasteiger partial charge is 0.240 e. The Bertz CT molecular complexity index is 778. The lowest BCUT2D eigenvalue weighted by Crippen LogP contribution is -2.20. The summed E-state index contributed by atoms with van der Waals surface area (Å²) in [5.74, 6) is -0.705. The fraction of sp³-hybridized carbons (Fsp3) is 0.167. The number of amides is 2. The molecule has 130 valence electrons. The Morgan fingerprint density at radius 1 is 1.12 bits per heavy atom. The molecule has 0 bridgehead atoms. The topological polar surface area (TPSA) is 79.8 Å². The summed E-state index contributed by atoms with van der Waals surface area (Å²) < 4.78 is 18.5. The fourth-order valence-electron chi connectivity index (χ4n) is 1.96. The van der Waals surface area contributed by atoms with Crippen molar-refractivity contribution >= 4 is 23.7 Å². The molecule has 25 heavy (non-hydrogen) atoms. The van der Waals surface area contributed by atoms with Gasteiger partial charge in [0.15, 0.2) is 0 Å². The molecule has 2 N–H and O–H groups in total. The van der Waals surface area contributed by atoms with Gasteiger partial charge < -0.3 is 10.1 Å². The molecule has 0 saturated carbocycles. The molecule has 2 amide bonds. The summed E-state index contributed by atoms with van der Waals surface area (Å²) in [6.07, 6.45) is 1.34. The van der Waals surface area contributed by atoms with Crippen LogP contribution in [0.15, 0.2) is 53.6 Å². The number of rotatable bonds is 7. The van der Waals surface area contributed by atoms with Gasteiger partial charge in [0, 0.05) is 12.8 Å². The second-order valence-electron chi connectivity index (χ2n) is 5.10. The van der Waals surface area contributed by atoms with Crippen molar-refractivity contribution in [2.24, 2.45) is 5.10 Å². The molecule has 0 spiro atoms. The summed E-state index contributed by atoms with van der Waals surface area (Å²) in [5, 5.41) is 6.24. The van der Waals surface area contributed by atoms with Crippen LogP contribution in [0.5, 0.6) is 5.75 Å². The largest absolute Gasteiger partial charge is 0.497 e. The van der Waals surface area contributed by atoms with E-state index in [0.29, 0.717) is 5.75 Å². The Morgan fingerprint density at radius 3 is 2.64 bits per heavy atom. The van der Waals surface area contributed by atoms with Crippen LogP contribution < -0.4 is 15.5 Å². The predicted octanol–water partition coefficient (Wildman–Crippen LogP) is 2.70. The zero-order valence-electron chi connectivity index (χ0n) is 13.7. The number of hydrazone groups is 1. The third kappa shape index (κ3) is 6.06. The van der Waals surface area contributed by atoms with Crippen LogP contribution in [0.1, 0.15) is 18.4 Å². The van der Waals surface area contributed by atoms with Crippen LogP contribution in [-0.2, 0) is 9.59 Å². The number of carbonyl (C=O) groups is 2. The summed E-state index contributed by atoms with van der Waals surface area (Å²) in [6, 6.07) is 13.0. The lowest BCUT2D eigenvalue weighted by molar-refractivity contribution is -0.124. The van der Waals surface area contributed by atoms with Gasteiger partial charge in [-0.15, -0.1) is 0 Å². The molecule has 0 unspecified atom stereocenters. The number of para-hydroxylation sites is 1. The Morgan fingerprint density at radius 2 is 1.88 bits per heavy atom. The summed E-state index contributed by atoms with van der Waals surface area (Å²) >= 11 is 0. The lowest BCUT2D eigenvalue weighted by Gasteiger charge is -2.05. The molecule has 7 heteroatoms. The molecule has 0 aliphatic carbocycles. The Hall–Kier alpha value is -3.22. The zero-order valence-corrected chi connectivity index (χ0v) is 13.7. The van der Waals surface area contributed by atoms with E-state index in [0.717, 1.165) is 5.56 Å². The van der Waals surface area contributed by atoms with Gasteiger partial charge in [-0.05, 0) is 29.8 Å². The minimum atomic E-state index is -0.525. The van der Waals surface area contributed by atoms with Crippen molar-refractivity contribution in [2.45, 2.75) is 12.8 Å². The van der Waals surface area contributed by atoms with E-state index < -0.39 is 17.6 Å². The van der Waals surface area contributed by atoms with Gasteiger partial charge >= 0.3 is 0 Å². The highest BCUT2D eigenvalue weighted by Gasteiger charge is 2.08. The molecule has 0 radical (unpaired) electrons. The van der Waals surface area contributed by atoms with Crippen molar-refractivity contribution in [1.82, 2.24) is 5.43 Å². The number of nitrogens with zero attached hydrogens (tertiary/aromatic N) is 1. The van der Waals surface area contributed by atoms with E-state index in [4.69, 9.17) is 4.74 Å². The minimum absolute atomic E-state index is 0.0598. The summed E-state index contributed by atoms with van der Waals surface area (Å²) in [7, 11) is 1.56. The van der Waals surface area contributed by atoms with Gasteiger partial charge in [0.1, 0.15) is 11.6 Å². The van der Waals surface area contributed by atoms with E-state index in [2.05, 4.69) is 15.8 Å². The third-order valence-corrected chi connectivity index (χ3v) is 3.22. The van der Waals surface area contributed by atoms with Gasteiger partial charge in [0.2, 0.25) is 11.8 Å². The summed E-state index contributed by atoms with van der Waals surface area (Å²) in [6.45, 7) is 0. The molecular formula is C18H18FN3O3. The number of nitrogens with one attached hydrogen (secondary N) is 2. The first-order valence-corrected chi connectivity index (χ1v) is 7.59. The number of anilines is 1. The minimum Gasteiger partial charge on any atom is -0.497 e. The maximum Gasteiger partial charge on any atom is 0.240 e. The average Bonchev–Trinajstić information content (AvgIpc) is 2.62. The van der Waals surface area contributed by atoms with Crippen molar-refractivity contribution in [3.05, 3.63) is 59.9 Å². The molecule has 0 atom stereocenters. The molecule has 0 heterocycles. The summed E-state index contributed by atoms with van der Waals surface area (Å²) in [5.41, 5.74) is 3.18. The van der Waals surface area contributed by atoms with Gasteiger partial charge in [0.25, 0.3) is 0 Å². The number of hydrogen-bond donors (Lipinski definition) is 2. The Labute approximate surface area is 144 Å². The van der Waals surface area contributed by atoms with Crippen LogP contribution >= 0.6 is 0 Å². The molecule has 2 aromatic carbocycles. The molecule has 0 aliphatic heterocycles. The quantitative estimate of drug-likeness (QED) is 0.599. The summed E-state index contributed by atoms with van der Waals surface area (Å²) in [4.78, 5) is 23.4. The maximum atomic E-state index is 13.4. The fourth-order valence-corrected chi connectivity index (χ4v) is 1.96. The first-order chi connectivity index (χ1) is 12.1. The van der Waals surface area contributed by atoms with Crippen LogP contribution in [0.2, 0.25) is 0 Å². The van der Waals surface area contributed by atoms with E-state index >= 15 is 0 Å². The van der Waals surface area contributed by atoms with E-state index in [9.17, 15) is 14.0 Å². The van der Waals surface area contributed by atoms with Crippen molar-refractivity contribution < 1.29 is 18.7 Å². The molecule has 0 saturated heterocycles. The van der Waals surface area contributed by atoms with Gasteiger partial charge in [0.05, 0.1) is 19.0 Å². The number of carbonyl (C=O) groups excluding carboxylic acids is 2. The van der Waals surface area contributed by atoms with Crippen molar-refractivity contribution in [3.8, 4) is 5.75 Å². The van der Waals surface area contributed by atoms with E-state index in [1.165, 1.54) is 24.4 Å². The first-order valence-electron chi connectivity index (χ1n) is 7.59. The average molecular weight is 343 g/mol. The van der Waals surface area contributed by atoms with Gasteiger partial charge in [-0.1, -0.05) is 24.3 Å². The molecule has 6 nitrogen and oxygen atoms in total. The van der Waals surface area contributed by atoms with Crippen molar-refractivity contribution in [2.75, 3.05) is 12.4 Å². The molecule has 0 aromatic heterocycles. The zero-order chi connectivity index (χ0) is 18.1. The molecule has 2 rings (SSSR count). The maximum absolute atomic E-state index is 13.4. The van der Waals surface area contributed by atoms with Crippen LogP contribution in [0, 0.1) is 5.82 Å². The molecular weight excluding hydrogens is 325 g/mol. The second kappa shape index (κ2) is 9.17. The Kier molecular flexibility index (Phi) is 6.65. The van der Waals surface area contributed by atoms with Crippen LogP contribution in [0.3, 0.4) is 0 Å². The Balaban J connectivity index is 1.75. The highest BCUT2D eigenvalue weighted by molar-refractivity contribution is 5.93. The first kappa shape index (κ1) is 18.1. The van der Waals surface area contributed by atoms with Gasteiger partial charge in [-0.3, -0.25) is 9.59 Å². The predicted molar refractivity (Wildman–Crippen MR) is 93.0 cm³/mol. The third-order valence-electron chi connectivity index (χ3n) is 3.22. The van der Waals surface area contributed by atoms with Crippen LogP contribution in [0.4, 0.5) is 10.1 Å². The number of benzene rings is 2.